The number of hydrogen-bond donors (Lipinski definition) is 1. The van der Waals surface area contributed by atoms with Crippen molar-refractivity contribution in [2.45, 2.75) is 19.9 Å². The molecule has 0 aliphatic heterocycles. The van der Waals surface area contributed by atoms with Gasteiger partial charge in [0.2, 0.25) is 5.91 Å². The largest absolute Gasteiger partial charge is 0.352 e. The van der Waals surface area contributed by atoms with E-state index in [1.54, 1.807) is 10.9 Å². The lowest BCUT2D eigenvalue weighted by atomic mass is 10.3. The van der Waals surface area contributed by atoms with E-state index in [2.05, 4.69) is 10.4 Å². The molecule has 1 aromatic rings. The van der Waals surface area contributed by atoms with Gasteiger partial charge < -0.3 is 5.32 Å². The van der Waals surface area contributed by atoms with Crippen molar-refractivity contribution in [3.63, 3.8) is 0 Å². The third-order valence-corrected chi connectivity index (χ3v) is 1.57. The summed E-state index contributed by atoms with van der Waals surface area (Å²) in [4.78, 5) is 10.9. The van der Waals surface area contributed by atoms with E-state index < -0.39 is 0 Å². The van der Waals surface area contributed by atoms with Crippen LogP contribution in [0.15, 0.2) is 12.4 Å². The highest BCUT2D eigenvalue weighted by Gasteiger charge is 1.98. The molecule has 0 aliphatic rings. The Balaban J connectivity index is 2.38. The maximum atomic E-state index is 10.9. The molecule has 4 heteroatoms. The van der Waals surface area contributed by atoms with Crippen molar-refractivity contribution >= 4 is 5.91 Å². The molecule has 1 amide bonds. The van der Waals surface area contributed by atoms with Gasteiger partial charge in [0.25, 0.3) is 0 Å². The molecular weight excluding hydrogens is 154 g/mol. The predicted octanol–water partition coefficient (Wildman–Crippen LogP) is 0.446. The van der Waals surface area contributed by atoms with Crippen LogP contribution in [-0.2, 0) is 18.4 Å². The Kier molecular flexibility index (Phi) is 2.85. The molecule has 66 valence electrons. The van der Waals surface area contributed by atoms with Gasteiger partial charge in [-0.3, -0.25) is 9.48 Å². The zero-order valence-corrected chi connectivity index (χ0v) is 7.37. The quantitative estimate of drug-likeness (QED) is 0.710. The third-order valence-electron chi connectivity index (χ3n) is 1.57. The monoisotopic (exact) mass is 167 g/mol. The average molecular weight is 167 g/mol. The van der Waals surface area contributed by atoms with Crippen molar-refractivity contribution in [2.24, 2.45) is 7.05 Å². The molecule has 0 spiro atoms. The summed E-state index contributed by atoms with van der Waals surface area (Å²) < 4.78 is 1.72. The molecule has 0 bridgehead atoms. The van der Waals surface area contributed by atoms with Crippen LogP contribution in [0.3, 0.4) is 0 Å². The molecule has 0 aliphatic carbocycles. The third kappa shape index (κ3) is 2.38. The second-order valence-corrected chi connectivity index (χ2v) is 2.65. The Morgan fingerprint density at radius 2 is 2.50 bits per heavy atom. The number of aromatic nitrogens is 2. The van der Waals surface area contributed by atoms with Gasteiger partial charge >= 0.3 is 0 Å². The normalized spacial score (nSPS) is 9.83. The molecule has 12 heavy (non-hydrogen) atoms. The highest BCUT2D eigenvalue weighted by Crippen LogP contribution is 1.94. The Bertz CT molecular complexity index is 267. The van der Waals surface area contributed by atoms with Crippen molar-refractivity contribution < 1.29 is 4.79 Å². The predicted molar refractivity (Wildman–Crippen MR) is 45.3 cm³/mol. The minimum absolute atomic E-state index is 0.0684. The first-order valence-electron chi connectivity index (χ1n) is 3.96. The van der Waals surface area contributed by atoms with Crippen LogP contribution in [0, 0.1) is 0 Å². The molecule has 1 rings (SSSR count). The van der Waals surface area contributed by atoms with Crippen LogP contribution in [0.5, 0.6) is 0 Å². The van der Waals surface area contributed by atoms with E-state index in [-0.39, 0.29) is 5.91 Å². The average Bonchev–Trinajstić information content (AvgIpc) is 2.47. The molecule has 0 unspecified atom stereocenters. The van der Waals surface area contributed by atoms with E-state index in [9.17, 15) is 4.79 Å². The van der Waals surface area contributed by atoms with Crippen LogP contribution in [0.25, 0.3) is 0 Å². The smallest absolute Gasteiger partial charge is 0.219 e. The van der Waals surface area contributed by atoms with Gasteiger partial charge in [-0.1, -0.05) is 6.92 Å². The number of rotatable bonds is 3. The topological polar surface area (TPSA) is 46.9 Å². The Morgan fingerprint density at radius 1 is 1.75 bits per heavy atom. The van der Waals surface area contributed by atoms with Crippen molar-refractivity contribution in [1.29, 1.82) is 0 Å². The van der Waals surface area contributed by atoms with Gasteiger partial charge in [-0.15, -0.1) is 0 Å². The summed E-state index contributed by atoms with van der Waals surface area (Å²) in [7, 11) is 1.85. The minimum Gasteiger partial charge on any atom is -0.352 e. The standard InChI is InChI=1S/C8H13N3O/c1-3-8(12)9-4-7-5-10-11(2)6-7/h5-6H,3-4H2,1-2H3,(H,9,12). The lowest BCUT2D eigenvalue weighted by Gasteiger charge is -1.98. The number of amides is 1. The van der Waals surface area contributed by atoms with E-state index in [0.29, 0.717) is 13.0 Å². The van der Waals surface area contributed by atoms with Crippen molar-refractivity contribution in [3.8, 4) is 0 Å². The van der Waals surface area contributed by atoms with E-state index in [1.165, 1.54) is 0 Å². The van der Waals surface area contributed by atoms with Crippen LogP contribution in [0.1, 0.15) is 18.9 Å². The first-order chi connectivity index (χ1) is 5.72. The van der Waals surface area contributed by atoms with Gasteiger partial charge in [-0.2, -0.15) is 5.10 Å². The van der Waals surface area contributed by atoms with Gasteiger partial charge in [0.1, 0.15) is 0 Å². The molecule has 0 atom stereocenters. The summed E-state index contributed by atoms with van der Waals surface area (Å²) >= 11 is 0. The number of nitrogens with zero attached hydrogens (tertiary/aromatic N) is 2. The molecule has 0 fully saturated rings. The fraction of sp³-hybridized carbons (Fsp3) is 0.500. The van der Waals surface area contributed by atoms with E-state index in [1.807, 2.05) is 20.2 Å². The van der Waals surface area contributed by atoms with Crippen LogP contribution in [0.2, 0.25) is 0 Å². The number of hydrogen-bond acceptors (Lipinski definition) is 2. The lowest BCUT2D eigenvalue weighted by molar-refractivity contribution is -0.120. The minimum atomic E-state index is 0.0684. The molecule has 1 N–H and O–H groups in total. The van der Waals surface area contributed by atoms with Crippen LogP contribution >= 0.6 is 0 Å². The van der Waals surface area contributed by atoms with Crippen molar-refractivity contribution in [1.82, 2.24) is 15.1 Å². The van der Waals surface area contributed by atoms with Crippen LogP contribution < -0.4 is 5.32 Å². The summed E-state index contributed by atoms with van der Waals surface area (Å²) in [5, 5.41) is 6.76. The SMILES string of the molecule is CCC(=O)NCc1cnn(C)c1. The van der Waals surface area contributed by atoms with Crippen molar-refractivity contribution in [3.05, 3.63) is 18.0 Å². The summed E-state index contributed by atoms with van der Waals surface area (Å²) in [6, 6.07) is 0. The zero-order valence-electron chi connectivity index (χ0n) is 7.37. The highest BCUT2D eigenvalue weighted by atomic mass is 16.1. The molecule has 0 radical (unpaired) electrons. The Labute approximate surface area is 71.6 Å². The van der Waals surface area contributed by atoms with Gasteiger partial charge in [-0.25, -0.2) is 0 Å². The highest BCUT2D eigenvalue weighted by molar-refractivity contribution is 5.75. The molecule has 1 aromatic heterocycles. The van der Waals surface area contributed by atoms with Gasteiger partial charge in [0, 0.05) is 31.8 Å². The van der Waals surface area contributed by atoms with Gasteiger partial charge in [-0.05, 0) is 0 Å². The second-order valence-electron chi connectivity index (χ2n) is 2.65. The maximum absolute atomic E-state index is 10.9. The molecule has 0 saturated carbocycles. The molecule has 0 aromatic carbocycles. The van der Waals surface area contributed by atoms with Crippen LogP contribution in [0.4, 0.5) is 0 Å². The molecule has 1 heterocycles. The number of carbonyl (C=O) groups excluding carboxylic acids is 1. The summed E-state index contributed by atoms with van der Waals surface area (Å²) in [6.07, 6.45) is 4.16. The fourth-order valence-electron chi connectivity index (χ4n) is 0.889. The fourth-order valence-corrected chi connectivity index (χ4v) is 0.889. The second kappa shape index (κ2) is 3.90. The molecule has 0 saturated heterocycles. The van der Waals surface area contributed by atoms with E-state index in [4.69, 9.17) is 0 Å². The van der Waals surface area contributed by atoms with Gasteiger partial charge in [0.15, 0.2) is 0 Å². The summed E-state index contributed by atoms with van der Waals surface area (Å²) in [5.74, 6) is 0.0684. The zero-order chi connectivity index (χ0) is 8.97. The number of nitrogens with one attached hydrogen (secondary N) is 1. The summed E-state index contributed by atoms with van der Waals surface area (Å²) in [5.41, 5.74) is 1.03. The maximum Gasteiger partial charge on any atom is 0.219 e. The lowest BCUT2D eigenvalue weighted by Crippen LogP contribution is -2.21. The Morgan fingerprint density at radius 3 is 3.00 bits per heavy atom. The van der Waals surface area contributed by atoms with Crippen LogP contribution in [-0.4, -0.2) is 15.7 Å². The van der Waals surface area contributed by atoms with Crippen molar-refractivity contribution in [2.75, 3.05) is 0 Å². The first kappa shape index (κ1) is 8.77. The molecule has 4 nitrogen and oxygen atoms in total. The number of aryl methyl sites for hydroxylation is 1. The Hall–Kier alpha value is -1.32. The summed E-state index contributed by atoms with van der Waals surface area (Å²) in [6.45, 7) is 2.40. The first-order valence-corrected chi connectivity index (χ1v) is 3.96. The van der Waals surface area contributed by atoms with E-state index >= 15 is 0 Å². The van der Waals surface area contributed by atoms with E-state index in [0.717, 1.165) is 5.56 Å². The molecular formula is C8H13N3O. The van der Waals surface area contributed by atoms with Gasteiger partial charge in [0.05, 0.1) is 6.20 Å². The number of carbonyl (C=O) groups is 1.